The summed E-state index contributed by atoms with van der Waals surface area (Å²) >= 11 is 13.2. The van der Waals surface area contributed by atoms with Gasteiger partial charge < -0.3 is 31.9 Å². The first kappa shape index (κ1) is 55.0. The Kier molecular flexibility index (Phi) is 25.2. The van der Waals surface area contributed by atoms with Gasteiger partial charge in [-0.3, -0.25) is 43.2 Å². The van der Waals surface area contributed by atoms with E-state index >= 15 is 0 Å². The Labute approximate surface area is 387 Å². The van der Waals surface area contributed by atoms with Crippen LogP contribution in [0, 0.1) is 11.8 Å². The van der Waals surface area contributed by atoms with Crippen molar-refractivity contribution in [1.29, 1.82) is 0 Å². The number of halogens is 2. The first-order valence-electron chi connectivity index (χ1n) is 22.1. The van der Waals surface area contributed by atoms with Gasteiger partial charge in [0.15, 0.2) is 28.1 Å². The van der Waals surface area contributed by atoms with Crippen LogP contribution in [0.3, 0.4) is 0 Å². The molecule has 0 aromatic heterocycles. The van der Waals surface area contributed by atoms with Gasteiger partial charge in [-0.25, -0.2) is 0 Å². The van der Waals surface area contributed by atoms with Crippen molar-refractivity contribution < 1.29 is 43.2 Å². The number of unbranched alkanes of at least 4 members (excludes halogenated alkanes) is 2. The lowest BCUT2D eigenvalue weighted by Gasteiger charge is -2.27. The third kappa shape index (κ3) is 18.9. The van der Waals surface area contributed by atoms with Gasteiger partial charge in [-0.1, -0.05) is 128 Å². The molecule has 0 bridgehead atoms. The molecular formula is C47H66Cl2N6O9. The second-order valence-electron chi connectivity index (χ2n) is 16.8. The largest absolute Gasteiger partial charge is 0.347 e. The molecule has 6 N–H and O–H groups in total. The zero-order chi connectivity index (χ0) is 47.8. The fourth-order valence-electron chi connectivity index (χ4n) is 6.96. The number of hydrogen-bond donors (Lipinski definition) is 6. The Morgan fingerprint density at radius 2 is 0.797 bits per heavy atom. The summed E-state index contributed by atoms with van der Waals surface area (Å²) in [5.74, 6) is -5.95. The van der Waals surface area contributed by atoms with Crippen molar-refractivity contribution in [3.63, 3.8) is 0 Å². The fraction of sp³-hybridized carbons (Fsp3) is 0.553. The fourth-order valence-corrected chi connectivity index (χ4v) is 7.58. The van der Waals surface area contributed by atoms with Gasteiger partial charge in [0, 0.05) is 0 Å². The molecule has 2 unspecified atom stereocenters. The van der Waals surface area contributed by atoms with E-state index in [0.717, 1.165) is 12.8 Å². The highest BCUT2D eigenvalue weighted by atomic mass is 35.5. The summed E-state index contributed by atoms with van der Waals surface area (Å²) in [6.07, 6.45) is 4.41. The van der Waals surface area contributed by atoms with Crippen LogP contribution >= 0.6 is 23.2 Å². The van der Waals surface area contributed by atoms with E-state index in [9.17, 15) is 43.2 Å². The molecule has 0 radical (unpaired) electrons. The second kappa shape index (κ2) is 29.3. The third-order valence-electron chi connectivity index (χ3n) is 10.4. The Balaban J connectivity index is 2.45. The van der Waals surface area contributed by atoms with E-state index in [1.54, 1.807) is 60.7 Å². The van der Waals surface area contributed by atoms with E-state index in [4.69, 9.17) is 23.2 Å². The summed E-state index contributed by atoms with van der Waals surface area (Å²) < 4.78 is 0. The molecule has 2 aromatic carbocycles. The number of nitrogens with one attached hydrogen (secondary N) is 6. The summed E-state index contributed by atoms with van der Waals surface area (Å²) in [6.45, 7) is 11.2. The third-order valence-corrected chi connectivity index (χ3v) is 11.3. The van der Waals surface area contributed by atoms with Crippen LogP contribution in [0.2, 0.25) is 0 Å². The summed E-state index contributed by atoms with van der Waals surface area (Å²) in [4.78, 5) is 119. The van der Waals surface area contributed by atoms with Crippen LogP contribution in [0.5, 0.6) is 0 Å². The molecule has 2 aromatic rings. The summed E-state index contributed by atoms with van der Waals surface area (Å²) in [5, 5.41) is 11.7. The quantitative estimate of drug-likeness (QED) is 0.0353. The topological polar surface area (TPSA) is 226 Å². The minimum absolute atomic E-state index is 0.0961. The highest BCUT2D eigenvalue weighted by Gasteiger charge is 2.41. The molecule has 0 heterocycles. The number of carbonyl (C=O) groups is 9. The molecule has 6 amide bonds. The van der Waals surface area contributed by atoms with Gasteiger partial charge in [-0.2, -0.15) is 0 Å². The minimum Gasteiger partial charge on any atom is -0.347 e. The van der Waals surface area contributed by atoms with Gasteiger partial charge in [0.1, 0.15) is 24.2 Å². The van der Waals surface area contributed by atoms with Crippen LogP contribution in [0.25, 0.3) is 0 Å². The van der Waals surface area contributed by atoms with Crippen molar-refractivity contribution in [2.45, 2.75) is 153 Å². The molecular weight excluding hydrogens is 863 g/mol. The van der Waals surface area contributed by atoms with Crippen LogP contribution in [0.1, 0.15) is 104 Å². The average Bonchev–Trinajstić information content (AvgIpc) is 3.27. The summed E-state index contributed by atoms with van der Waals surface area (Å²) in [5.41, 5.74) is 1.20. The van der Waals surface area contributed by atoms with Gasteiger partial charge in [-0.05, 0) is 61.5 Å². The number of Topliss-reactive ketones (excluding diaryl/α,β-unsaturated/α-hetero) is 3. The molecule has 0 aliphatic carbocycles. The first-order chi connectivity index (χ1) is 30.5. The molecule has 0 aliphatic rings. The zero-order valence-electron chi connectivity index (χ0n) is 37.7. The lowest BCUT2D eigenvalue weighted by atomic mass is 9.93. The normalized spacial score (nSPS) is 14.9. The molecule has 352 valence electrons. The predicted molar refractivity (Wildman–Crippen MR) is 246 cm³/mol. The van der Waals surface area contributed by atoms with Gasteiger partial charge in [0.05, 0.1) is 12.1 Å². The Hall–Kier alpha value is -5.15. The Bertz CT molecular complexity index is 1710. The summed E-state index contributed by atoms with van der Waals surface area (Å²) in [6, 6.07) is 10.3. The van der Waals surface area contributed by atoms with Crippen molar-refractivity contribution in [3.05, 3.63) is 71.8 Å². The van der Waals surface area contributed by atoms with Crippen molar-refractivity contribution in [2.24, 2.45) is 11.8 Å². The molecule has 0 fully saturated rings. The predicted octanol–water partition coefficient (Wildman–Crippen LogP) is 4.03. The van der Waals surface area contributed by atoms with Gasteiger partial charge in [0.25, 0.3) is 0 Å². The van der Waals surface area contributed by atoms with Crippen molar-refractivity contribution in [3.8, 4) is 0 Å². The molecule has 2 rings (SSSR count). The van der Waals surface area contributed by atoms with Crippen molar-refractivity contribution in [2.75, 3.05) is 0 Å². The van der Waals surface area contributed by atoms with E-state index in [1.807, 2.05) is 41.5 Å². The molecule has 17 heteroatoms. The van der Waals surface area contributed by atoms with E-state index in [2.05, 4.69) is 31.9 Å². The van der Waals surface area contributed by atoms with E-state index < -0.39 is 88.0 Å². The molecule has 0 saturated carbocycles. The number of hydrogen-bond acceptors (Lipinski definition) is 9. The second-order valence-corrected chi connectivity index (χ2v) is 17.6. The standard InChI is InChI=1S/C47H66Cl2N6O9/c1-7-9-21-33(50-27-56)44(61)54-37(23-29(3)4)46(63)52-35(25-31-17-13-11-14-18-31)41(58)39(48)43(60)40(49)42(59)36(26-32-19-15-12-16-20-32)53-47(64)38(24-30(5)6)55-45(62)34(51-28-57)22-10-8-2/h11-20,27-30,33-40H,7-10,21-26H2,1-6H3,(H,50,56)(H,51,57)(H,52,63)(H,53,64)(H,54,61)(H,55,62)/t33-,34-,35-,36-,37-,38-,39?,40?/m0/s1. The Morgan fingerprint density at radius 3 is 1.09 bits per heavy atom. The van der Waals surface area contributed by atoms with E-state index in [1.165, 1.54) is 0 Å². The van der Waals surface area contributed by atoms with Crippen LogP contribution in [-0.4, -0.2) is 101 Å². The maximum absolute atomic E-state index is 14.2. The smallest absolute Gasteiger partial charge is 0.243 e. The van der Waals surface area contributed by atoms with Crippen LogP contribution in [-0.2, 0) is 56.0 Å². The number of ketones is 3. The highest BCUT2D eigenvalue weighted by Crippen LogP contribution is 2.18. The summed E-state index contributed by atoms with van der Waals surface area (Å²) in [7, 11) is 0. The number of carbonyl (C=O) groups excluding carboxylic acids is 9. The lowest BCUT2D eigenvalue weighted by molar-refractivity contribution is -0.135. The molecule has 0 saturated heterocycles. The molecule has 0 spiro atoms. The van der Waals surface area contributed by atoms with Gasteiger partial charge in [-0.15, -0.1) is 23.2 Å². The zero-order valence-corrected chi connectivity index (χ0v) is 39.2. The maximum atomic E-state index is 14.2. The van der Waals surface area contributed by atoms with E-state index in [-0.39, 0.29) is 37.5 Å². The van der Waals surface area contributed by atoms with Crippen LogP contribution < -0.4 is 31.9 Å². The first-order valence-corrected chi connectivity index (χ1v) is 22.9. The maximum Gasteiger partial charge on any atom is 0.243 e. The average molecular weight is 930 g/mol. The molecule has 0 aliphatic heterocycles. The lowest BCUT2D eigenvalue weighted by Crippen LogP contribution is -2.58. The number of alkyl halides is 2. The van der Waals surface area contributed by atoms with Gasteiger partial charge in [0.2, 0.25) is 36.4 Å². The molecule has 64 heavy (non-hydrogen) atoms. The highest BCUT2D eigenvalue weighted by molar-refractivity contribution is 6.53. The number of amides is 6. The van der Waals surface area contributed by atoms with Crippen LogP contribution in [0.4, 0.5) is 0 Å². The molecule has 8 atom stereocenters. The molecule has 15 nitrogen and oxygen atoms in total. The number of benzene rings is 2. The number of rotatable bonds is 32. The van der Waals surface area contributed by atoms with Crippen molar-refractivity contribution in [1.82, 2.24) is 31.9 Å². The van der Waals surface area contributed by atoms with Gasteiger partial charge >= 0.3 is 0 Å². The van der Waals surface area contributed by atoms with Crippen molar-refractivity contribution >= 4 is 77.0 Å². The SMILES string of the molecule is CCCC[C@H](NC=O)C(=O)N[C@@H](CC(C)C)C(=O)N[C@@H](Cc1ccccc1)C(=O)C(Cl)C(=O)C(Cl)C(=O)[C@H](Cc1ccccc1)NC(=O)[C@H](CC(C)C)NC(=O)[C@H](CCCC)NC=O. The van der Waals surface area contributed by atoms with E-state index in [0.29, 0.717) is 49.6 Å². The monoisotopic (exact) mass is 928 g/mol. The van der Waals surface area contributed by atoms with Crippen LogP contribution in [0.15, 0.2) is 60.7 Å². The minimum atomic E-state index is -2.04. The Morgan fingerprint density at radius 1 is 0.484 bits per heavy atom.